The van der Waals surface area contributed by atoms with Gasteiger partial charge in [-0.25, -0.2) is 4.79 Å². The number of carbonyl (C=O) groups excluding carboxylic acids is 2. The van der Waals surface area contributed by atoms with Crippen LogP contribution < -0.4 is 18.9 Å². The lowest BCUT2D eigenvalue weighted by molar-refractivity contribution is 0.0473. The van der Waals surface area contributed by atoms with Crippen molar-refractivity contribution in [3.63, 3.8) is 0 Å². The van der Waals surface area contributed by atoms with Crippen LogP contribution in [0.2, 0.25) is 0 Å². The topological polar surface area (TPSA) is 80.3 Å². The number of hydrogen-bond donors (Lipinski definition) is 0. The van der Waals surface area contributed by atoms with Crippen molar-refractivity contribution in [2.75, 3.05) is 34.5 Å². The van der Waals surface area contributed by atoms with Crippen molar-refractivity contribution in [2.24, 2.45) is 0 Å². The van der Waals surface area contributed by atoms with Crippen LogP contribution in [0.15, 0.2) is 36.4 Å². The summed E-state index contributed by atoms with van der Waals surface area (Å²) in [6.07, 6.45) is 0. The van der Waals surface area contributed by atoms with Crippen molar-refractivity contribution in [3.05, 3.63) is 47.5 Å². The highest BCUT2D eigenvalue weighted by atomic mass is 16.5. The van der Waals surface area contributed by atoms with Gasteiger partial charge in [0.25, 0.3) is 0 Å². The van der Waals surface area contributed by atoms with Crippen LogP contribution in [0.25, 0.3) is 0 Å². The Kier molecular flexibility index (Phi) is 7.05. The van der Waals surface area contributed by atoms with Gasteiger partial charge >= 0.3 is 5.97 Å². The summed E-state index contributed by atoms with van der Waals surface area (Å²) in [5.41, 5.74) is 0.527. The summed E-state index contributed by atoms with van der Waals surface area (Å²) < 4.78 is 26.1. The first-order valence-corrected chi connectivity index (χ1v) is 8.27. The molecule has 0 amide bonds. The molecule has 0 saturated carbocycles. The van der Waals surface area contributed by atoms with E-state index in [-0.39, 0.29) is 11.1 Å². The molecular weight excluding hydrogens is 352 g/mol. The zero-order valence-electron chi connectivity index (χ0n) is 15.7. The minimum absolute atomic E-state index is 0.254. The number of benzene rings is 2. The van der Waals surface area contributed by atoms with Crippen molar-refractivity contribution in [1.29, 1.82) is 0 Å². The van der Waals surface area contributed by atoms with E-state index in [1.807, 2.05) is 6.92 Å². The monoisotopic (exact) mass is 374 g/mol. The van der Waals surface area contributed by atoms with E-state index in [9.17, 15) is 9.59 Å². The lowest BCUT2D eigenvalue weighted by Gasteiger charge is -2.12. The number of ketones is 1. The Morgan fingerprint density at radius 3 is 2.19 bits per heavy atom. The van der Waals surface area contributed by atoms with E-state index < -0.39 is 18.4 Å². The summed E-state index contributed by atoms with van der Waals surface area (Å²) in [5, 5.41) is 0. The van der Waals surface area contributed by atoms with E-state index in [1.165, 1.54) is 33.5 Å². The lowest BCUT2D eigenvalue weighted by atomic mass is 10.1. The fourth-order valence-corrected chi connectivity index (χ4v) is 2.40. The molecule has 0 bridgehead atoms. The summed E-state index contributed by atoms with van der Waals surface area (Å²) in [4.78, 5) is 24.7. The van der Waals surface area contributed by atoms with Gasteiger partial charge in [-0.1, -0.05) is 0 Å². The molecule has 2 aromatic rings. The predicted octanol–water partition coefficient (Wildman–Crippen LogP) is 3.15. The van der Waals surface area contributed by atoms with Gasteiger partial charge in [-0.15, -0.1) is 0 Å². The minimum atomic E-state index is -0.645. The smallest absolute Gasteiger partial charge is 0.338 e. The first-order valence-electron chi connectivity index (χ1n) is 8.27. The fourth-order valence-electron chi connectivity index (χ4n) is 2.40. The minimum Gasteiger partial charge on any atom is -0.497 e. The van der Waals surface area contributed by atoms with Gasteiger partial charge in [0, 0.05) is 0 Å². The van der Waals surface area contributed by atoms with Gasteiger partial charge in [0.15, 0.2) is 18.1 Å². The molecule has 7 heteroatoms. The van der Waals surface area contributed by atoms with Crippen molar-refractivity contribution in [1.82, 2.24) is 0 Å². The lowest BCUT2D eigenvalue weighted by Crippen LogP contribution is -2.15. The van der Waals surface area contributed by atoms with Crippen LogP contribution in [-0.2, 0) is 4.74 Å². The van der Waals surface area contributed by atoms with Gasteiger partial charge in [0.1, 0.15) is 11.5 Å². The maximum atomic E-state index is 12.4. The Hall–Kier alpha value is -3.22. The Morgan fingerprint density at radius 1 is 0.852 bits per heavy atom. The van der Waals surface area contributed by atoms with Crippen molar-refractivity contribution >= 4 is 11.8 Å². The van der Waals surface area contributed by atoms with Gasteiger partial charge in [-0.2, -0.15) is 0 Å². The maximum Gasteiger partial charge on any atom is 0.338 e. The molecule has 0 unspecified atom stereocenters. The maximum absolute atomic E-state index is 12.4. The number of ether oxygens (including phenoxy) is 5. The predicted molar refractivity (Wildman–Crippen MR) is 98.3 cm³/mol. The van der Waals surface area contributed by atoms with Crippen LogP contribution in [0.3, 0.4) is 0 Å². The fraction of sp³-hybridized carbons (Fsp3) is 0.300. The number of carbonyl (C=O) groups is 2. The Morgan fingerprint density at radius 2 is 1.56 bits per heavy atom. The molecule has 0 aliphatic rings. The van der Waals surface area contributed by atoms with Crippen molar-refractivity contribution < 1.29 is 33.3 Å². The Balaban J connectivity index is 2.11. The highest BCUT2D eigenvalue weighted by molar-refractivity contribution is 6.01. The highest BCUT2D eigenvalue weighted by Gasteiger charge is 2.18. The van der Waals surface area contributed by atoms with Gasteiger partial charge < -0.3 is 23.7 Å². The molecule has 0 saturated heterocycles. The molecule has 144 valence electrons. The first-order chi connectivity index (χ1) is 13.0. The van der Waals surface area contributed by atoms with Crippen LogP contribution in [0.4, 0.5) is 0 Å². The third kappa shape index (κ3) is 4.91. The zero-order valence-corrected chi connectivity index (χ0v) is 15.7. The Bertz CT molecular complexity index is 814. The molecular formula is C20H22O7. The van der Waals surface area contributed by atoms with Crippen LogP contribution in [0.5, 0.6) is 23.0 Å². The second kappa shape index (κ2) is 9.47. The number of Topliss-reactive ketones (excluding diaryl/α,β-unsaturated/α-hetero) is 1. The van der Waals surface area contributed by atoms with Gasteiger partial charge in [-0.05, 0) is 43.3 Å². The summed E-state index contributed by atoms with van der Waals surface area (Å²) in [6.45, 7) is 1.81. The van der Waals surface area contributed by atoms with E-state index in [0.29, 0.717) is 29.6 Å². The van der Waals surface area contributed by atoms with Gasteiger partial charge in [-0.3, -0.25) is 4.79 Å². The second-order valence-corrected chi connectivity index (χ2v) is 5.36. The average Bonchev–Trinajstić information content (AvgIpc) is 2.71. The third-order valence-electron chi connectivity index (χ3n) is 3.74. The molecule has 7 nitrogen and oxygen atoms in total. The molecule has 0 aliphatic carbocycles. The molecule has 0 fully saturated rings. The zero-order chi connectivity index (χ0) is 19.8. The van der Waals surface area contributed by atoms with Crippen molar-refractivity contribution in [2.45, 2.75) is 6.92 Å². The summed E-state index contributed by atoms with van der Waals surface area (Å²) >= 11 is 0. The number of rotatable bonds is 9. The molecule has 0 heterocycles. The normalized spacial score (nSPS) is 10.1. The molecule has 2 rings (SSSR count). The van der Waals surface area contributed by atoms with Crippen LogP contribution >= 0.6 is 0 Å². The van der Waals surface area contributed by atoms with E-state index in [1.54, 1.807) is 24.3 Å². The Labute approximate surface area is 157 Å². The molecule has 0 aliphatic heterocycles. The molecule has 0 atom stereocenters. The molecule has 0 N–H and O–H groups in total. The number of methoxy groups -OCH3 is 3. The standard InChI is InChI=1S/C20H22O7/c1-5-26-19-10-13(6-8-18(19)25-4)20(22)27-12-16(21)15-11-14(23-2)7-9-17(15)24-3/h6-11H,5,12H2,1-4H3. The van der Waals surface area contributed by atoms with E-state index in [0.717, 1.165) is 0 Å². The molecule has 0 spiro atoms. The highest BCUT2D eigenvalue weighted by Crippen LogP contribution is 2.28. The van der Waals surface area contributed by atoms with Crippen LogP contribution in [0.1, 0.15) is 27.6 Å². The second-order valence-electron chi connectivity index (χ2n) is 5.36. The van der Waals surface area contributed by atoms with E-state index in [2.05, 4.69) is 0 Å². The van der Waals surface area contributed by atoms with E-state index in [4.69, 9.17) is 23.7 Å². The van der Waals surface area contributed by atoms with E-state index >= 15 is 0 Å². The summed E-state index contributed by atoms with van der Waals surface area (Å²) in [7, 11) is 4.46. The summed E-state index contributed by atoms with van der Waals surface area (Å²) in [5.74, 6) is 0.759. The molecule has 2 aromatic carbocycles. The SMILES string of the molecule is CCOc1cc(C(=O)OCC(=O)c2cc(OC)ccc2OC)ccc1OC. The molecule has 0 radical (unpaired) electrons. The van der Waals surface area contributed by atoms with Gasteiger partial charge in [0.2, 0.25) is 5.78 Å². The number of esters is 1. The first kappa shape index (κ1) is 20.1. The van der Waals surface area contributed by atoms with Crippen LogP contribution in [-0.4, -0.2) is 46.3 Å². The third-order valence-corrected chi connectivity index (χ3v) is 3.74. The molecule has 27 heavy (non-hydrogen) atoms. The van der Waals surface area contributed by atoms with Crippen LogP contribution in [0, 0.1) is 0 Å². The molecule has 0 aromatic heterocycles. The quantitative estimate of drug-likeness (QED) is 0.493. The summed E-state index contributed by atoms with van der Waals surface area (Å²) in [6, 6.07) is 9.49. The van der Waals surface area contributed by atoms with Crippen molar-refractivity contribution in [3.8, 4) is 23.0 Å². The van der Waals surface area contributed by atoms with Gasteiger partial charge in [0.05, 0.1) is 39.1 Å². The number of hydrogen-bond acceptors (Lipinski definition) is 7. The average molecular weight is 374 g/mol. The largest absolute Gasteiger partial charge is 0.497 e.